The number of fused-ring (bicyclic) bond motifs is 1. The molecule has 0 atom stereocenters. The summed E-state index contributed by atoms with van der Waals surface area (Å²) in [5.74, 6) is 0.714. The van der Waals surface area contributed by atoms with Gasteiger partial charge in [-0.2, -0.15) is 0 Å². The number of nitro groups is 2. The van der Waals surface area contributed by atoms with Gasteiger partial charge in [0.05, 0.1) is 21.6 Å². The average Bonchev–Trinajstić information content (AvgIpc) is 2.27. The summed E-state index contributed by atoms with van der Waals surface area (Å²) in [6, 6.07) is 2.33. The van der Waals surface area contributed by atoms with Crippen molar-refractivity contribution in [3.8, 4) is 0 Å². The van der Waals surface area contributed by atoms with E-state index in [1.807, 2.05) is 0 Å². The van der Waals surface area contributed by atoms with Crippen molar-refractivity contribution in [2.45, 2.75) is 4.90 Å². The summed E-state index contributed by atoms with van der Waals surface area (Å²) in [6.45, 7) is 0.649. The Morgan fingerprint density at radius 2 is 2.00 bits per heavy atom. The Labute approximate surface area is 94.1 Å². The molecule has 0 saturated heterocycles. The maximum Gasteiger partial charge on any atom is 0.291 e. The summed E-state index contributed by atoms with van der Waals surface area (Å²) in [5, 5.41) is 24.3. The lowest BCUT2D eigenvalue weighted by atomic mass is 10.2. The Hall–Kier alpha value is -1.83. The molecule has 0 saturated carbocycles. The molecule has 0 amide bonds. The molecule has 1 aromatic carbocycles. The van der Waals surface area contributed by atoms with Crippen molar-refractivity contribution in [3.63, 3.8) is 0 Å². The quantitative estimate of drug-likeness (QED) is 0.628. The van der Waals surface area contributed by atoms with E-state index >= 15 is 0 Å². The lowest BCUT2D eigenvalue weighted by Gasteiger charge is -2.16. The molecule has 7 nitrogen and oxygen atoms in total. The minimum atomic E-state index is -0.631. The molecule has 2 rings (SSSR count). The number of nitro benzene ring substituents is 2. The van der Waals surface area contributed by atoms with Gasteiger partial charge >= 0.3 is 0 Å². The van der Waals surface area contributed by atoms with Gasteiger partial charge in [-0.05, 0) is 0 Å². The number of anilines is 1. The van der Waals surface area contributed by atoms with Gasteiger partial charge in [0.2, 0.25) is 0 Å². The van der Waals surface area contributed by atoms with Crippen LogP contribution < -0.4 is 5.32 Å². The van der Waals surface area contributed by atoms with Crippen molar-refractivity contribution in [2.24, 2.45) is 0 Å². The molecular weight excluding hydrogens is 234 g/mol. The zero-order chi connectivity index (χ0) is 11.7. The minimum Gasteiger partial charge on any atom is -0.383 e. The number of benzene rings is 1. The second-order valence-corrected chi connectivity index (χ2v) is 4.24. The van der Waals surface area contributed by atoms with E-state index < -0.39 is 9.85 Å². The topological polar surface area (TPSA) is 98.3 Å². The van der Waals surface area contributed by atoms with E-state index in [1.54, 1.807) is 0 Å². The van der Waals surface area contributed by atoms with Crippen LogP contribution in [-0.2, 0) is 0 Å². The molecule has 0 aromatic heterocycles. The van der Waals surface area contributed by atoms with Gasteiger partial charge in [0.1, 0.15) is 4.90 Å². The van der Waals surface area contributed by atoms with Gasteiger partial charge in [0, 0.05) is 18.4 Å². The zero-order valence-electron chi connectivity index (χ0n) is 8.00. The van der Waals surface area contributed by atoms with Crippen molar-refractivity contribution in [3.05, 3.63) is 32.4 Å². The molecule has 0 bridgehead atoms. The van der Waals surface area contributed by atoms with Crippen molar-refractivity contribution in [1.29, 1.82) is 0 Å². The molecule has 0 spiro atoms. The van der Waals surface area contributed by atoms with Crippen LogP contribution in [0.4, 0.5) is 17.1 Å². The van der Waals surface area contributed by atoms with E-state index in [1.165, 1.54) is 17.8 Å². The maximum absolute atomic E-state index is 10.8. The van der Waals surface area contributed by atoms with E-state index in [2.05, 4.69) is 5.32 Å². The summed E-state index contributed by atoms with van der Waals surface area (Å²) >= 11 is 1.34. The summed E-state index contributed by atoms with van der Waals surface area (Å²) in [7, 11) is 0. The highest BCUT2D eigenvalue weighted by atomic mass is 32.2. The largest absolute Gasteiger partial charge is 0.383 e. The lowest BCUT2D eigenvalue weighted by molar-refractivity contribution is -0.395. The van der Waals surface area contributed by atoms with E-state index in [0.717, 1.165) is 6.07 Å². The third-order valence-electron chi connectivity index (χ3n) is 2.13. The predicted molar refractivity (Wildman–Crippen MR) is 59.0 cm³/mol. The molecule has 1 aromatic rings. The van der Waals surface area contributed by atoms with Crippen LogP contribution in [0.3, 0.4) is 0 Å². The number of nitrogens with one attached hydrogen (secondary N) is 1. The number of rotatable bonds is 2. The molecule has 1 aliphatic rings. The number of nitrogens with zero attached hydrogens (tertiary/aromatic N) is 2. The van der Waals surface area contributed by atoms with Crippen molar-refractivity contribution in [1.82, 2.24) is 0 Å². The highest BCUT2D eigenvalue weighted by molar-refractivity contribution is 7.99. The second-order valence-electron chi connectivity index (χ2n) is 3.13. The van der Waals surface area contributed by atoms with Gasteiger partial charge in [0.25, 0.3) is 11.4 Å². The van der Waals surface area contributed by atoms with Gasteiger partial charge in [-0.15, -0.1) is 11.8 Å². The molecule has 1 heterocycles. The van der Waals surface area contributed by atoms with E-state index in [0.29, 0.717) is 22.9 Å². The van der Waals surface area contributed by atoms with E-state index in [4.69, 9.17) is 0 Å². The third kappa shape index (κ3) is 1.78. The highest BCUT2D eigenvalue weighted by Crippen LogP contribution is 2.41. The minimum absolute atomic E-state index is 0.207. The summed E-state index contributed by atoms with van der Waals surface area (Å²) in [4.78, 5) is 20.7. The number of thioether (sulfide) groups is 1. The number of non-ortho nitro benzene ring substituents is 1. The fraction of sp³-hybridized carbons (Fsp3) is 0.250. The SMILES string of the molecule is O=[N+]([O-])c1cc2c(c([N+](=O)[O-])c1)SCCN2. The van der Waals surface area contributed by atoms with Gasteiger partial charge < -0.3 is 5.32 Å². The van der Waals surface area contributed by atoms with Crippen molar-refractivity contribution >= 4 is 28.8 Å². The Kier molecular flexibility index (Phi) is 2.65. The zero-order valence-corrected chi connectivity index (χ0v) is 8.82. The Balaban J connectivity index is 2.61. The average molecular weight is 241 g/mol. The number of hydrogen-bond acceptors (Lipinski definition) is 6. The standard InChI is InChI=1S/C8H7N3O4S/c12-10(13)5-3-6-8(16-2-1-9-6)7(4-5)11(14)15/h3-4,9H,1-2H2. The molecule has 1 aliphatic heterocycles. The van der Waals surface area contributed by atoms with Crippen LogP contribution in [0.1, 0.15) is 0 Å². The second kappa shape index (κ2) is 3.97. The normalized spacial score (nSPS) is 13.8. The smallest absolute Gasteiger partial charge is 0.291 e. The Bertz CT molecular complexity index is 477. The van der Waals surface area contributed by atoms with Crippen LogP contribution in [0.25, 0.3) is 0 Å². The molecule has 0 aliphatic carbocycles. The predicted octanol–water partition coefficient (Wildman–Crippen LogP) is 2.02. The molecule has 16 heavy (non-hydrogen) atoms. The molecular formula is C8H7N3O4S. The number of hydrogen-bond donors (Lipinski definition) is 1. The fourth-order valence-corrected chi connectivity index (χ4v) is 2.44. The maximum atomic E-state index is 10.8. The molecule has 84 valence electrons. The van der Waals surface area contributed by atoms with Gasteiger partial charge in [-0.1, -0.05) is 0 Å². The van der Waals surface area contributed by atoms with Crippen LogP contribution in [0.15, 0.2) is 17.0 Å². The molecule has 0 fully saturated rings. The first-order valence-electron chi connectivity index (χ1n) is 4.43. The van der Waals surface area contributed by atoms with Crippen molar-refractivity contribution < 1.29 is 9.85 Å². The molecule has 0 radical (unpaired) electrons. The first kappa shape index (κ1) is 10.7. The Morgan fingerprint density at radius 1 is 1.25 bits per heavy atom. The first-order valence-corrected chi connectivity index (χ1v) is 5.41. The van der Waals surface area contributed by atoms with Gasteiger partial charge in [0.15, 0.2) is 0 Å². The van der Waals surface area contributed by atoms with E-state index in [-0.39, 0.29) is 11.4 Å². The van der Waals surface area contributed by atoms with Gasteiger partial charge in [-0.3, -0.25) is 20.2 Å². The third-order valence-corrected chi connectivity index (χ3v) is 3.25. The van der Waals surface area contributed by atoms with Crippen LogP contribution in [0.5, 0.6) is 0 Å². The van der Waals surface area contributed by atoms with Crippen LogP contribution in [-0.4, -0.2) is 22.1 Å². The first-order chi connectivity index (χ1) is 7.59. The molecule has 8 heteroatoms. The van der Waals surface area contributed by atoms with Gasteiger partial charge in [-0.25, -0.2) is 0 Å². The van der Waals surface area contributed by atoms with Crippen LogP contribution in [0, 0.1) is 20.2 Å². The monoisotopic (exact) mass is 241 g/mol. The highest BCUT2D eigenvalue weighted by Gasteiger charge is 2.26. The summed E-state index contributed by atoms with van der Waals surface area (Å²) in [6.07, 6.45) is 0. The lowest BCUT2D eigenvalue weighted by Crippen LogP contribution is -2.11. The van der Waals surface area contributed by atoms with Crippen LogP contribution >= 0.6 is 11.8 Å². The Morgan fingerprint density at radius 3 is 2.62 bits per heavy atom. The molecule has 1 N–H and O–H groups in total. The fourth-order valence-electron chi connectivity index (χ4n) is 1.46. The van der Waals surface area contributed by atoms with Crippen LogP contribution in [0.2, 0.25) is 0 Å². The summed E-state index contributed by atoms with van der Waals surface area (Å²) < 4.78 is 0. The van der Waals surface area contributed by atoms with E-state index in [9.17, 15) is 20.2 Å². The summed E-state index contributed by atoms with van der Waals surface area (Å²) in [5.41, 5.74) is -0.000926. The van der Waals surface area contributed by atoms with Crippen molar-refractivity contribution in [2.75, 3.05) is 17.6 Å². The molecule has 0 unspecified atom stereocenters.